The molecule has 0 bridgehead atoms. The van der Waals surface area contributed by atoms with E-state index in [9.17, 15) is 4.79 Å². The molecule has 3 rings (SSSR count). The van der Waals surface area contributed by atoms with Gasteiger partial charge < -0.3 is 10.6 Å². The molecule has 0 unspecified atom stereocenters. The molecular weight excluding hydrogens is 427 g/mol. The number of hydrazine groups is 1. The first kappa shape index (κ1) is 20.9. The van der Waals surface area contributed by atoms with E-state index in [0.717, 1.165) is 16.9 Å². The van der Waals surface area contributed by atoms with E-state index in [1.165, 1.54) is 0 Å². The van der Waals surface area contributed by atoms with Crippen LogP contribution in [-0.4, -0.2) is 11.0 Å². The van der Waals surface area contributed by atoms with Crippen LogP contribution in [0.2, 0.25) is 10.0 Å². The second-order valence-corrected chi connectivity index (χ2v) is 7.27. The maximum atomic E-state index is 12.4. The van der Waals surface area contributed by atoms with E-state index in [1.54, 1.807) is 18.2 Å². The Labute approximate surface area is 184 Å². The molecule has 4 N–H and O–H groups in total. The molecule has 0 spiro atoms. The first-order chi connectivity index (χ1) is 14.0. The highest BCUT2D eigenvalue weighted by atomic mass is 35.5. The molecule has 5 nitrogen and oxygen atoms in total. The van der Waals surface area contributed by atoms with Crippen LogP contribution in [0.1, 0.15) is 5.56 Å². The lowest BCUT2D eigenvalue weighted by molar-refractivity contribution is -0.120. The molecular formula is C21H18Cl2N4OS. The average Bonchev–Trinajstić information content (AvgIpc) is 2.71. The first-order valence-corrected chi connectivity index (χ1v) is 9.89. The number of rotatable bonds is 5. The van der Waals surface area contributed by atoms with Gasteiger partial charge in [0.2, 0.25) is 5.91 Å². The highest BCUT2D eigenvalue weighted by Crippen LogP contribution is 2.33. The Morgan fingerprint density at radius 3 is 2.21 bits per heavy atom. The van der Waals surface area contributed by atoms with E-state index < -0.39 is 0 Å². The zero-order chi connectivity index (χ0) is 20.6. The number of carbonyl (C=O) groups is 1. The number of anilines is 3. The molecule has 8 heteroatoms. The molecule has 0 saturated heterocycles. The molecule has 0 aliphatic rings. The lowest BCUT2D eigenvalue weighted by Gasteiger charge is -2.15. The second-order valence-electron chi connectivity index (χ2n) is 6.05. The van der Waals surface area contributed by atoms with Gasteiger partial charge in [-0.25, -0.2) is 0 Å². The van der Waals surface area contributed by atoms with Crippen LogP contribution < -0.4 is 21.5 Å². The minimum absolute atomic E-state index is 0.131. The molecule has 0 aliphatic carbocycles. The number of hydrogen-bond acceptors (Lipinski definition) is 3. The summed E-state index contributed by atoms with van der Waals surface area (Å²) in [5.74, 6) is -0.248. The van der Waals surface area contributed by atoms with Crippen molar-refractivity contribution in [3.05, 3.63) is 88.4 Å². The molecule has 0 heterocycles. The Morgan fingerprint density at radius 2 is 1.48 bits per heavy atom. The van der Waals surface area contributed by atoms with Gasteiger partial charge in [0.1, 0.15) is 0 Å². The molecule has 0 aromatic heterocycles. The highest BCUT2D eigenvalue weighted by Gasteiger charge is 2.11. The van der Waals surface area contributed by atoms with Gasteiger partial charge in [0.15, 0.2) is 5.11 Å². The third-order valence-corrected chi connectivity index (χ3v) is 4.77. The van der Waals surface area contributed by atoms with Gasteiger partial charge in [0.05, 0.1) is 22.2 Å². The van der Waals surface area contributed by atoms with E-state index in [-0.39, 0.29) is 12.3 Å². The van der Waals surface area contributed by atoms with Crippen LogP contribution in [0.25, 0.3) is 0 Å². The number of thiocarbonyl (C=S) groups is 1. The van der Waals surface area contributed by atoms with Crippen LogP contribution in [0.3, 0.4) is 0 Å². The maximum absolute atomic E-state index is 12.4. The van der Waals surface area contributed by atoms with Crippen molar-refractivity contribution in [1.29, 1.82) is 0 Å². The van der Waals surface area contributed by atoms with Crippen LogP contribution in [0.5, 0.6) is 0 Å². The molecule has 1 amide bonds. The number of amides is 1. The molecule has 148 valence electrons. The smallest absolute Gasteiger partial charge is 0.242 e. The standard InChI is InChI=1S/C21H18Cl2N4OS/c22-16-10-6-11-17(23)20(16)25-18-12-5-4-7-14(18)13-19(28)26-27-21(29)24-15-8-2-1-3-9-15/h1-12,25H,13H2,(H,26,28)(H2,24,27,29). The summed E-state index contributed by atoms with van der Waals surface area (Å²) in [5.41, 5.74) is 8.23. The molecule has 29 heavy (non-hydrogen) atoms. The summed E-state index contributed by atoms with van der Waals surface area (Å²) in [6, 6.07) is 22.1. The van der Waals surface area contributed by atoms with Gasteiger partial charge >= 0.3 is 0 Å². The molecule has 3 aromatic rings. The van der Waals surface area contributed by atoms with E-state index in [4.69, 9.17) is 35.4 Å². The van der Waals surface area contributed by atoms with Crippen molar-refractivity contribution in [3.63, 3.8) is 0 Å². The zero-order valence-electron chi connectivity index (χ0n) is 15.2. The van der Waals surface area contributed by atoms with Crippen molar-refractivity contribution in [2.24, 2.45) is 0 Å². The predicted octanol–water partition coefficient (Wildman–Crippen LogP) is 5.30. The fourth-order valence-electron chi connectivity index (χ4n) is 2.58. The van der Waals surface area contributed by atoms with E-state index in [2.05, 4.69) is 21.5 Å². The summed E-state index contributed by atoms with van der Waals surface area (Å²) < 4.78 is 0. The SMILES string of the molecule is O=C(Cc1ccccc1Nc1c(Cl)cccc1Cl)NNC(=S)Nc1ccccc1. The molecule has 0 fully saturated rings. The van der Waals surface area contributed by atoms with Crippen LogP contribution >= 0.6 is 35.4 Å². The van der Waals surface area contributed by atoms with Gasteiger partial charge in [-0.1, -0.05) is 65.7 Å². The lowest BCUT2D eigenvalue weighted by Crippen LogP contribution is -2.44. The van der Waals surface area contributed by atoms with Gasteiger partial charge in [-0.2, -0.15) is 0 Å². The summed E-state index contributed by atoms with van der Waals surface area (Å²) in [4.78, 5) is 12.4. The third kappa shape index (κ3) is 6.09. The molecule has 0 atom stereocenters. The quantitative estimate of drug-likeness (QED) is 0.317. The van der Waals surface area contributed by atoms with E-state index in [0.29, 0.717) is 20.8 Å². The normalized spacial score (nSPS) is 10.1. The minimum atomic E-state index is -0.248. The maximum Gasteiger partial charge on any atom is 0.242 e. The second kappa shape index (κ2) is 10.1. The summed E-state index contributed by atoms with van der Waals surface area (Å²) in [6.45, 7) is 0. The van der Waals surface area contributed by atoms with Crippen LogP contribution in [0.15, 0.2) is 72.8 Å². The average molecular weight is 445 g/mol. The van der Waals surface area contributed by atoms with Crippen LogP contribution in [-0.2, 0) is 11.2 Å². The Balaban J connectivity index is 1.60. The van der Waals surface area contributed by atoms with Crippen molar-refractivity contribution in [2.45, 2.75) is 6.42 Å². The number of nitrogens with one attached hydrogen (secondary N) is 4. The largest absolute Gasteiger partial charge is 0.353 e. The van der Waals surface area contributed by atoms with Gasteiger partial charge in [-0.15, -0.1) is 0 Å². The summed E-state index contributed by atoms with van der Waals surface area (Å²) in [5, 5.41) is 7.47. The molecule has 3 aromatic carbocycles. The molecule has 0 radical (unpaired) electrons. The number of para-hydroxylation sites is 3. The summed E-state index contributed by atoms with van der Waals surface area (Å²) in [6.07, 6.45) is 0.131. The Morgan fingerprint density at radius 1 is 0.828 bits per heavy atom. The highest BCUT2D eigenvalue weighted by molar-refractivity contribution is 7.80. The fraction of sp³-hybridized carbons (Fsp3) is 0.0476. The zero-order valence-corrected chi connectivity index (χ0v) is 17.5. The van der Waals surface area contributed by atoms with Crippen molar-refractivity contribution in [1.82, 2.24) is 10.9 Å². The molecule has 0 saturated carbocycles. The Kier molecular flexibility index (Phi) is 7.30. The number of hydrogen-bond donors (Lipinski definition) is 4. The van der Waals surface area contributed by atoms with E-state index in [1.807, 2.05) is 54.6 Å². The number of carbonyl (C=O) groups excluding carboxylic acids is 1. The first-order valence-electron chi connectivity index (χ1n) is 8.73. The van der Waals surface area contributed by atoms with Crippen molar-refractivity contribution >= 4 is 63.5 Å². The Hall–Kier alpha value is -2.80. The van der Waals surface area contributed by atoms with E-state index >= 15 is 0 Å². The monoisotopic (exact) mass is 444 g/mol. The summed E-state index contributed by atoms with van der Waals surface area (Å²) >= 11 is 17.6. The van der Waals surface area contributed by atoms with Crippen LogP contribution in [0.4, 0.5) is 17.1 Å². The van der Waals surface area contributed by atoms with Gasteiger partial charge in [-0.05, 0) is 48.1 Å². The van der Waals surface area contributed by atoms with Crippen molar-refractivity contribution < 1.29 is 4.79 Å². The Bertz CT molecular complexity index is 994. The number of benzene rings is 3. The van der Waals surface area contributed by atoms with Gasteiger partial charge in [-0.3, -0.25) is 15.6 Å². The lowest BCUT2D eigenvalue weighted by atomic mass is 10.1. The number of halogens is 2. The predicted molar refractivity (Wildman–Crippen MR) is 124 cm³/mol. The van der Waals surface area contributed by atoms with Crippen molar-refractivity contribution in [3.8, 4) is 0 Å². The minimum Gasteiger partial charge on any atom is -0.353 e. The van der Waals surface area contributed by atoms with Gasteiger partial charge in [0.25, 0.3) is 0 Å². The fourth-order valence-corrected chi connectivity index (χ4v) is 3.24. The summed E-state index contributed by atoms with van der Waals surface area (Å²) in [7, 11) is 0. The third-order valence-electron chi connectivity index (χ3n) is 3.94. The van der Waals surface area contributed by atoms with Gasteiger partial charge in [0, 0.05) is 11.4 Å². The van der Waals surface area contributed by atoms with Crippen molar-refractivity contribution in [2.75, 3.05) is 10.6 Å². The van der Waals surface area contributed by atoms with Crippen LogP contribution in [0, 0.1) is 0 Å². The topological polar surface area (TPSA) is 65.2 Å². The molecule has 0 aliphatic heterocycles.